The number of carboxylic acids is 1. The van der Waals surface area contributed by atoms with Gasteiger partial charge in [-0.05, 0) is 7.05 Å². The third-order valence-corrected chi connectivity index (χ3v) is 0.175. The van der Waals surface area contributed by atoms with Crippen LogP contribution in [0.15, 0.2) is 0 Å². The molecule has 0 amide bonds. The van der Waals surface area contributed by atoms with Gasteiger partial charge in [-0.25, -0.2) is 0 Å². The lowest BCUT2D eigenvalue weighted by molar-refractivity contribution is -0.135. The van der Waals surface area contributed by atoms with Gasteiger partial charge in [0.2, 0.25) is 0 Å². The van der Waals surface area contributed by atoms with E-state index in [1.165, 1.54) is 7.05 Å². The van der Waals surface area contributed by atoms with Gasteiger partial charge in [0.1, 0.15) is 0 Å². The van der Waals surface area contributed by atoms with Crippen molar-refractivity contribution >= 4 is 5.97 Å². The van der Waals surface area contributed by atoms with Gasteiger partial charge in [-0.3, -0.25) is 4.79 Å². The van der Waals surface area contributed by atoms with E-state index in [4.69, 9.17) is 5.11 Å². The molecule has 5 N–H and O–H groups in total. The summed E-state index contributed by atoms with van der Waals surface area (Å²) in [6, 6.07) is 0. The van der Waals surface area contributed by atoms with Gasteiger partial charge in [0.25, 0.3) is 0 Å². The summed E-state index contributed by atoms with van der Waals surface area (Å²) in [4.78, 5) is 9.24. The Kier molecular flexibility index (Phi) is 12.4. The predicted octanol–water partition coefficient (Wildman–Crippen LogP) is -1.40. The molecule has 0 aromatic rings. The van der Waals surface area contributed by atoms with Gasteiger partial charge in [0, 0.05) is 0 Å². The Labute approximate surface area is 42.1 Å². The first-order chi connectivity index (χ1) is 3.27. The molecule has 0 radical (unpaired) electrons. The van der Waals surface area contributed by atoms with E-state index >= 15 is 0 Å². The maximum absolute atomic E-state index is 9.24. The summed E-state index contributed by atoms with van der Waals surface area (Å²) in [5.74, 6) is -0.968. The highest BCUT2D eigenvalue weighted by Crippen LogP contribution is 1.43. The molecule has 0 saturated heterocycles. The van der Waals surface area contributed by atoms with Crippen molar-refractivity contribution in [2.75, 3.05) is 13.6 Å². The van der Waals surface area contributed by atoms with Crippen LogP contribution in [0, 0.1) is 0 Å². The van der Waals surface area contributed by atoms with Crippen LogP contribution >= 0.6 is 0 Å². The molecule has 0 aromatic carbocycles. The van der Waals surface area contributed by atoms with Crippen LogP contribution < -0.4 is 11.5 Å². The highest BCUT2D eigenvalue weighted by atomic mass is 16.4. The lowest BCUT2D eigenvalue weighted by atomic mass is 10.7. The summed E-state index contributed by atoms with van der Waals surface area (Å²) in [5.41, 5.74) is 9.07. The number of carboxylic acid groups (broad SMARTS) is 1. The zero-order chi connectivity index (χ0) is 6.28. The highest BCUT2D eigenvalue weighted by molar-refractivity contribution is 5.68. The summed E-state index contributed by atoms with van der Waals surface area (Å²) in [5, 5.41) is 7.60. The van der Waals surface area contributed by atoms with Crippen molar-refractivity contribution in [3.05, 3.63) is 0 Å². The fraction of sp³-hybridized carbons (Fsp3) is 0.667. The number of hydrogen-bond acceptors (Lipinski definition) is 3. The fourth-order valence-electron chi connectivity index (χ4n) is 0. The molecule has 0 rings (SSSR count). The minimum absolute atomic E-state index is 0.278. The first-order valence-electron chi connectivity index (χ1n) is 1.77. The lowest BCUT2D eigenvalue weighted by Gasteiger charge is -1.73. The molecule has 4 heteroatoms. The topological polar surface area (TPSA) is 89.3 Å². The van der Waals surface area contributed by atoms with Crippen molar-refractivity contribution in [3.8, 4) is 0 Å². The van der Waals surface area contributed by atoms with E-state index in [0.717, 1.165) is 0 Å². The molecule has 0 spiro atoms. The number of aliphatic carboxylic acids is 1. The molecule has 44 valence electrons. The molecular formula is C3H10N2O2. The average Bonchev–Trinajstić information content (AvgIpc) is 1.73. The summed E-state index contributed by atoms with van der Waals surface area (Å²) in [7, 11) is 1.50. The molecule has 0 aliphatic rings. The standard InChI is InChI=1S/C2H5NO2.CH5N/c3-1-2(4)5;1-2/h1,3H2,(H,4,5);2H2,1H3. The zero-order valence-corrected chi connectivity index (χ0v) is 4.22. The van der Waals surface area contributed by atoms with Crippen LogP contribution in [0.5, 0.6) is 0 Å². The monoisotopic (exact) mass is 106 g/mol. The van der Waals surface area contributed by atoms with E-state index in [-0.39, 0.29) is 6.54 Å². The second kappa shape index (κ2) is 9.04. The third kappa shape index (κ3) is 32.1. The number of nitrogens with two attached hydrogens (primary N) is 2. The Bertz CT molecular complexity index is 46.2. The molecule has 0 unspecified atom stereocenters. The number of rotatable bonds is 1. The molecule has 0 atom stereocenters. The fourth-order valence-corrected chi connectivity index (χ4v) is 0. The van der Waals surface area contributed by atoms with E-state index in [1.807, 2.05) is 0 Å². The molecular weight excluding hydrogens is 96.0 g/mol. The van der Waals surface area contributed by atoms with E-state index in [1.54, 1.807) is 0 Å². The number of hydrogen-bond donors (Lipinski definition) is 3. The molecule has 4 nitrogen and oxygen atoms in total. The summed E-state index contributed by atoms with van der Waals surface area (Å²) in [6.45, 7) is -0.278. The normalized spacial score (nSPS) is 6.14. The van der Waals surface area contributed by atoms with Crippen LogP contribution in [-0.4, -0.2) is 24.7 Å². The summed E-state index contributed by atoms with van der Waals surface area (Å²) >= 11 is 0. The van der Waals surface area contributed by atoms with Gasteiger partial charge in [-0.1, -0.05) is 0 Å². The van der Waals surface area contributed by atoms with Crippen molar-refractivity contribution in [2.24, 2.45) is 11.5 Å². The average molecular weight is 106 g/mol. The summed E-state index contributed by atoms with van der Waals surface area (Å²) in [6.07, 6.45) is 0. The van der Waals surface area contributed by atoms with Crippen molar-refractivity contribution in [3.63, 3.8) is 0 Å². The van der Waals surface area contributed by atoms with Crippen molar-refractivity contribution < 1.29 is 9.90 Å². The Balaban J connectivity index is 0. The smallest absolute Gasteiger partial charge is 0.317 e. The van der Waals surface area contributed by atoms with E-state index in [0.29, 0.717) is 0 Å². The quantitative estimate of drug-likeness (QED) is 0.383. The number of carbonyl (C=O) groups is 1. The molecule has 0 aliphatic heterocycles. The maximum Gasteiger partial charge on any atom is 0.317 e. The second-order valence-electron chi connectivity index (χ2n) is 0.598. The Morgan fingerprint density at radius 1 is 1.71 bits per heavy atom. The molecule has 0 aromatic heterocycles. The Morgan fingerprint density at radius 3 is 1.86 bits per heavy atom. The van der Waals surface area contributed by atoms with Gasteiger partial charge >= 0.3 is 5.97 Å². The first kappa shape index (κ1) is 9.63. The van der Waals surface area contributed by atoms with Gasteiger partial charge in [-0.2, -0.15) is 0 Å². The predicted molar refractivity (Wildman–Crippen MR) is 26.8 cm³/mol. The second-order valence-corrected chi connectivity index (χ2v) is 0.598. The largest absolute Gasteiger partial charge is 0.480 e. The Hall–Kier alpha value is -0.610. The molecule has 0 saturated carbocycles. The molecule has 0 aliphatic carbocycles. The van der Waals surface area contributed by atoms with Crippen molar-refractivity contribution in [2.45, 2.75) is 0 Å². The van der Waals surface area contributed by atoms with Crippen LogP contribution in [0.2, 0.25) is 0 Å². The first-order valence-corrected chi connectivity index (χ1v) is 1.77. The zero-order valence-electron chi connectivity index (χ0n) is 4.22. The maximum atomic E-state index is 9.24. The summed E-state index contributed by atoms with van der Waals surface area (Å²) < 4.78 is 0. The minimum Gasteiger partial charge on any atom is -0.480 e. The van der Waals surface area contributed by atoms with Crippen molar-refractivity contribution in [1.82, 2.24) is 0 Å². The molecule has 0 fully saturated rings. The minimum atomic E-state index is -0.968. The van der Waals surface area contributed by atoms with Gasteiger partial charge in [-0.15, -0.1) is 0 Å². The SMILES string of the molecule is CN.NCC(=O)O. The van der Waals surface area contributed by atoms with Crippen molar-refractivity contribution in [1.29, 1.82) is 0 Å². The molecule has 0 bridgehead atoms. The van der Waals surface area contributed by atoms with Crippen LogP contribution in [0.25, 0.3) is 0 Å². The van der Waals surface area contributed by atoms with E-state index in [9.17, 15) is 4.79 Å². The molecule has 7 heavy (non-hydrogen) atoms. The van der Waals surface area contributed by atoms with Gasteiger partial charge in [0.05, 0.1) is 6.54 Å². The lowest BCUT2D eigenvalue weighted by Crippen LogP contribution is -2.10. The van der Waals surface area contributed by atoms with E-state index in [2.05, 4.69) is 11.5 Å². The van der Waals surface area contributed by atoms with Gasteiger partial charge < -0.3 is 16.6 Å². The van der Waals surface area contributed by atoms with Gasteiger partial charge in [0.15, 0.2) is 0 Å². The highest BCUT2D eigenvalue weighted by Gasteiger charge is 1.81. The van der Waals surface area contributed by atoms with Crippen LogP contribution in [0.3, 0.4) is 0 Å². The van der Waals surface area contributed by atoms with Crippen LogP contribution in [0.4, 0.5) is 0 Å². The van der Waals surface area contributed by atoms with Crippen LogP contribution in [-0.2, 0) is 4.79 Å². The van der Waals surface area contributed by atoms with Crippen LogP contribution in [0.1, 0.15) is 0 Å². The third-order valence-electron chi connectivity index (χ3n) is 0.175. The molecule has 0 heterocycles. The Morgan fingerprint density at radius 2 is 1.86 bits per heavy atom. The van der Waals surface area contributed by atoms with E-state index < -0.39 is 5.97 Å².